The Kier molecular flexibility index (Phi) is 4.97. The zero-order valence-electron chi connectivity index (χ0n) is 10.3. The molecule has 17 heavy (non-hydrogen) atoms. The summed E-state index contributed by atoms with van der Waals surface area (Å²) in [6.07, 6.45) is 0. The monoisotopic (exact) mass is 255 g/mol. The van der Waals surface area contributed by atoms with Crippen molar-refractivity contribution in [1.82, 2.24) is 5.32 Å². The molecule has 0 aliphatic heterocycles. The normalized spacial score (nSPS) is 12.6. The van der Waals surface area contributed by atoms with Crippen LogP contribution in [0.5, 0.6) is 0 Å². The summed E-state index contributed by atoms with van der Waals surface area (Å²) in [4.78, 5) is 12.0. The van der Waals surface area contributed by atoms with E-state index in [1.54, 1.807) is 18.2 Å². The number of rotatable bonds is 4. The standard InChI is InChI=1S/C13H18ClNO2/c1-8(2)12(7-16)15-13(17)11-6-10(14)5-4-9(11)3/h4-6,8,12,16H,7H2,1-3H3,(H,15,17)/t12-/m1/s1. The van der Waals surface area contributed by atoms with Gasteiger partial charge in [0.25, 0.3) is 5.91 Å². The summed E-state index contributed by atoms with van der Waals surface area (Å²) in [5.74, 6) is -0.0128. The summed E-state index contributed by atoms with van der Waals surface area (Å²) in [5.41, 5.74) is 1.42. The number of benzene rings is 1. The third-order valence-electron chi connectivity index (χ3n) is 2.76. The van der Waals surface area contributed by atoms with Crippen LogP contribution in [-0.2, 0) is 0 Å². The van der Waals surface area contributed by atoms with Crippen molar-refractivity contribution in [3.05, 3.63) is 34.3 Å². The van der Waals surface area contributed by atoms with Crippen molar-refractivity contribution in [3.8, 4) is 0 Å². The Labute approximate surface area is 107 Å². The largest absolute Gasteiger partial charge is 0.394 e. The number of nitrogens with one attached hydrogen (secondary N) is 1. The zero-order valence-corrected chi connectivity index (χ0v) is 11.1. The predicted octanol–water partition coefficient (Wildman–Crippen LogP) is 2.40. The van der Waals surface area contributed by atoms with Gasteiger partial charge in [0.2, 0.25) is 0 Å². The van der Waals surface area contributed by atoms with Crippen molar-refractivity contribution in [2.45, 2.75) is 26.8 Å². The Morgan fingerprint density at radius 3 is 2.65 bits per heavy atom. The lowest BCUT2D eigenvalue weighted by Crippen LogP contribution is -2.41. The molecule has 1 amide bonds. The van der Waals surface area contributed by atoms with Crippen molar-refractivity contribution in [1.29, 1.82) is 0 Å². The lowest BCUT2D eigenvalue weighted by Gasteiger charge is -2.20. The molecule has 0 fully saturated rings. The molecule has 0 saturated heterocycles. The van der Waals surface area contributed by atoms with Gasteiger partial charge in [0.15, 0.2) is 0 Å². The van der Waals surface area contributed by atoms with Crippen LogP contribution in [0.25, 0.3) is 0 Å². The fraction of sp³-hybridized carbons (Fsp3) is 0.462. The lowest BCUT2D eigenvalue weighted by molar-refractivity contribution is 0.0896. The van der Waals surface area contributed by atoms with Gasteiger partial charge in [-0.25, -0.2) is 0 Å². The minimum Gasteiger partial charge on any atom is -0.394 e. The number of aryl methyl sites for hydroxylation is 1. The highest BCUT2D eigenvalue weighted by atomic mass is 35.5. The van der Waals surface area contributed by atoms with Crippen molar-refractivity contribution in [2.24, 2.45) is 5.92 Å². The molecule has 2 N–H and O–H groups in total. The highest BCUT2D eigenvalue weighted by Crippen LogP contribution is 2.15. The van der Waals surface area contributed by atoms with E-state index in [0.717, 1.165) is 5.56 Å². The first-order valence-electron chi connectivity index (χ1n) is 5.63. The SMILES string of the molecule is Cc1ccc(Cl)cc1C(=O)N[C@H](CO)C(C)C. The second-order valence-corrected chi connectivity index (χ2v) is 4.90. The van der Waals surface area contributed by atoms with Gasteiger partial charge in [-0.2, -0.15) is 0 Å². The van der Waals surface area contributed by atoms with Gasteiger partial charge in [0.05, 0.1) is 12.6 Å². The molecule has 0 aliphatic rings. The van der Waals surface area contributed by atoms with Crippen LogP contribution in [0.15, 0.2) is 18.2 Å². The van der Waals surface area contributed by atoms with Gasteiger partial charge >= 0.3 is 0 Å². The van der Waals surface area contributed by atoms with E-state index >= 15 is 0 Å². The van der Waals surface area contributed by atoms with Crippen LogP contribution < -0.4 is 5.32 Å². The van der Waals surface area contributed by atoms with Gasteiger partial charge < -0.3 is 10.4 Å². The molecule has 0 spiro atoms. The second-order valence-electron chi connectivity index (χ2n) is 4.47. The van der Waals surface area contributed by atoms with E-state index in [1.807, 2.05) is 20.8 Å². The minimum atomic E-state index is -0.235. The van der Waals surface area contributed by atoms with Crippen LogP contribution in [0.3, 0.4) is 0 Å². The average Bonchev–Trinajstić information content (AvgIpc) is 2.28. The summed E-state index contributed by atoms with van der Waals surface area (Å²) in [7, 11) is 0. The molecule has 1 rings (SSSR count). The van der Waals surface area contributed by atoms with Crippen molar-refractivity contribution >= 4 is 17.5 Å². The second kappa shape index (κ2) is 6.03. The van der Waals surface area contributed by atoms with Gasteiger partial charge in [0, 0.05) is 10.6 Å². The molecular weight excluding hydrogens is 238 g/mol. The van der Waals surface area contributed by atoms with Crippen LogP contribution in [0, 0.1) is 12.8 Å². The Bertz CT molecular complexity index is 404. The number of amides is 1. The Morgan fingerprint density at radius 1 is 1.47 bits per heavy atom. The summed E-state index contributed by atoms with van der Waals surface area (Å²) in [5, 5.41) is 12.5. The van der Waals surface area contributed by atoms with Crippen molar-refractivity contribution in [3.63, 3.8) is 0 Å². The van der Waals surface area contributed by atoms with Gasteiger partial charge in [0.1, 0.15) is 0 Å². The number of carbonyl (C=O) groups is 1. The number of carbonyl (C=O) groups excluding carboxylic acids is 1. The summed E-state index contributed by atoms with van der Waals surface area (Å²) >= 11 is 5.86. The van der Waals surface area contributed by atoms with Crippen LogP contribution in [0.1, 0.15) is 29.8 Å². The molecule has 1 aromatic carbocycles. The smallest absolute Gasteiger partial charge is 0.251 e. The molecule has 0 aromatic heterocycles. The molecule has 94 valence electrons. The first kappa shape index (κ1) is 14.0. The maximum absolute atomic E-state index is 12.0. The molecule has 0 radical (unpaired) electrons. The Morgan fingerprint density at radius 2 is 2.12 bits per heavy atom. The van der Waals surface area contributed by atoms with Crippen LogP contribution in [-0.4, -0.2) is 23.7 Å². The van der Waals surface area contributed by atoms with Gasteiger partial charge in [-0.3, -0.25) is 4.79 Å². The molecule has 0 saturated carbocycles. The van der Waals surface area contributed by atoms with Gasteiger partial charge in [-0.1, -0.05) is 31.5 Å². The molecule has 3 nitrogen and oxygen atoms in total. The molecular formula is C13H18ClNO2. The fourth-order valence-corrected chi connectivity index (χ4v) is 1.68. The minimum absolute atomic E-state index is 0.0664. The van der Waals surface area contributed by atoms with Crippen molar-refractivity contribution < 1.29 is 9.90 Å². The molecule has 0 unspecified atom stereocenters. The van der Waals surface area contributed by atoms with E-state index in [0.29, 0.717) is 10.6 Å². The van der Waals surface area contributed by atoms with E-state index in [-0.39, 0.29) is 24.5 Å². The first-order chi connectivity index (χ1) is 7.95. The first-order valence-corrected chi connectivity index (χ1v) is 6.01. The highest BCUT2D eigenvalue weighted by Gasteiger charge is 2.17. The molecule has 0 bridgehead atoms. The Balaban J connectivity index is 2.86. The van der Waals surface area contributed by atoms with Crippen LogP contribution in [0.2, 0.25) is 5.02 Å². The fourth-order valence-electron chi connectivity index (χ4n) is 1.51. The van der Waals surface area contributed by atoms with E-state index in [4.69, 9.17) is 11.6 Å². The maximum atomic E-state index is 12.0. The highest BCUT2D eigenvalue weighted by molar-refractivity contribution is 6.31. The van der Waals surface area contributed by atoms with Crippen LogP contribution in [0.4, 0.5) is 0 Å². The third-order valence-corrected chi connectivity index (χ3v) is 3.00. The van der Waals surface area contributed by atoms with Gasteiger partial charge in [-0.05, 0) is 30.5 Å². The molecule has 1 atom stereocenters. The summed E-state index contributed by atoms with van der Waals surface area (Å²) in [6, 6.07) is 4.96. The lowest BCUT2D eigenvalue weighted by atomic mass is 10.0. The topological polar surface area (TPSA) is 49.3 Å². The molecule has 4 heteroatoms. The average molecular weight is 256 g/mol. The summed E-state index contributed by atoms with van der Waals surface area (Å²) in [6.45, 7) is 5.69. The number of aliphatic hydroxyl groups is 1. The van der Waals surface area contributed by atoms with E-state index in [9.17, 15) is 9.90 Å². The Hall–Kier alpha value is -1.06. The number of hydrogen-bond donors (Lipinski definition) is 2. The van der Waals surface area contributed by atoms with E-state index < -0.39 is 0 Å². The van der Waals surface area contributed by atoms with Gasteiger partial charge in [-0.15, -0.1) is 0 Å². The number of hydrogen-bond acceptors (Lipinski definition) is 2. The third kappa shape index (κ3) is 3.72. The van der Waals surface area contributed by atoms with Crippen LogP contribution >= 0.6 is 11.6 Å². The predicted molar refractivity (Wildman–Crippen MR) is 69.4 cm³/mol. The number of halogens is 1. The quantitative estimate of drug-likeness (QED) is 0.868. The van der Waals surface area contributed by atoms with E-state index in [2.05, 4.69) is 5.32 Å². The molecule has 1 aromatic rings. The molecule has 0 aliphatic carbocycles. The summed E-state index contributed by atoms with van der Waals surface area (Å²) < 4.78 is 0. The maximum Gasteiger partial charge on any atom is 0.251 e. The van der Waals surface area contributed by atoms with Crippen molar-refractivity contribution in [2.75, 3.05) is 6.61 Å². The zero-order chi connectivity index (χ0) is 13.0. The number of aliphatic hydroxyl groups excluding tert-OH is 1. The molecule has 0 heterocycles. The van der Waals surface area contributed by atoms with E-state index in [1.165, 1.54) is 0 Å².